The summed E-state index contributed by atoms with van der Waals surface area (Å²) in [7, 11) is 1.57. The Morgan fingerprint density at radius 2 is 2.26 bits per heavy atom. The van der Waals surface area contributed by atoms with Crippen LogP contribution >= 0.6 is 12.2 Å². The van der Waals surface area contributed by atoms with Gasteiger partial charge in [-0.15, -0.1) is 0 Å². The molecule has 3 aromatic rings. The third kappa shape index (κ3) is 2.10. The zero-order valence-electron chi connectivity index (χ0n) is 10.4. The second kappa shape index (κ2) is 4.47. The fourth-order valence-electron chi connectivity index (χ4n) is 1.81. The Balaban J connectivity index is 2.11. The molecule has 0 radical (unpaired) electrons. The van der Waals surface area contributed by atoms with Crippen LogP contribution < -0.4 is 4.74 Å². The lowest BCUT2D eigenvalue weighted by Crippen LogP contribution is -2.01. The molecular formula is C11H11N5O2S. The number of hydrogen-bond acceptors (Lipinski definition) is 6. The molecule has 0 spiro atoms. The van der Waals surface area contributed by atoms with Gasteiger partial charge in [0.2, 0.25) is 11.8 Å². The minimum atomic E-state index is 0.375. The highest BCUT2D eigenvalue weighted by Crippen LogP contribution is 2.17. The van der Waals surface area contributed by atoms with Gasteiger partial charge in [0.25, 0.3) is 0 Å². The van der Waals surface area contributed by atoms with E-state index >= 15 is 0 Å². The second-order valence-corrected chi connectivity index (χ2v) is 4.36. The van der Waals surface area contributed by atoms with Crippen molar-refractivity contribution in [1.82, 2.24) is 24.7 Å². The van der Waals surface area contributed by atoms with Gasteiger partial charge in [-0.2, -0.15) is 9.97 Å². The monoisotopic (exact) mass is 277 g/mol. The summed E-state index contributed by atoms with van der Waals surface area (Å²) < 4.78 is 12.6. The zero-order chi connectivity index (χ0) is 13.4. The number of aryl methyl sites for hydroxylation is 1. The number of imidazole rings is 1. The Kier molecular flexibility index (Phi) is 2.79. The van der Waals surface area contributed by atoms with Gasteiger partial charge in [-0.3, -0.25) is 4.57 Å². The van der Waals surface area contributed by atoms with Gasteiger partial charge in [-0.05, 0) is 25.2 Å². The number of nitrogens with one attached hydrogen (secondary N) is 1. The van der Waals surface area contributed by atoms with Crippen LogP contribution in [0.4, 0.5) is 0 Å². The molecule has 0 bridgehead atoms. The van der Waals surface area contributed by atoms with Crippen molar-refractivity contribution in [2.45, 2.75) is 13.5 Å². The number of methoxy groups -OCH3 is 1. The minimum Gasteiger partial charge on any atom is -0.481 e. The van der Waals surface area contributed by atoms with Crippen molar-refractivity contribution in [1.29, 1.82) is 0 Å². The summed E-state index contributed by atoms with van der Waals surface area (Å²) in [4.78, 5) is 11.6. The molecule has 0 fully saturated rings. The third-order valence-electron chi connectivity index (χ3n) is 2.66. The number of hydrogen-bond donors (Lipinski definition) is 1. The molecule has 0 atom stereocenters. The number of fused-ring (bicyclic) bond motifs is 1. The summed E-state index contributed by atoms with van der Waals surface area (Å²) in [5, 5.41) is 3.75. The van der Waals surface area contributed by atoms with Crippen molar-refractivity contribution in [2.24, 2.45) is 0 Å². The molecule has 3 heterocycles. The molecule has 0 saturated heterocycles. The highest BCUT2D eigenvalue weighted by molar-refractivity contribution is 7.71. The summed E-state index contributed by atoms with van der Waals surface area (Å²) >= 11 is 5.28. The predicted molar refractivity (Wildman–Crippen MR) is 69.6 cm³/mol. The average molecular weight is 277 g/mol. The summed E-state index contributed by atoms with van der Waals surface area (Å²) in [5.74, 6) is 1.60. The van der Waals surface area contributed by atoms with E-state index in [-0.39, 0.29) is 0 Å². The molecule has 0 amide bonds. The van der Waals surface area contributed by atoms with Crippen molar-refractivity contribution in [2.75, 3.05) is 7.11 Å². The number of nitrogens with zero attached hydrogens (tertiary/aromatic N) is 4. The molecule has 8 heteroatoms. The van der Waals surface area contributed by atoms with Crippen molar-refractivity contribution >= 4 is 23.4 Å². The summed E-state index contributed by atoms with van der Waals surface area (Å²) in [6.45, 7) is 2.14. The normalized spacial score (nSPS) is 11.1. The molecule has 3 aromatic heterocycles. The molecule has 1 N–H and O–H groups in total. The number of ether oxygens (including phenoxy) is 1. The fraction of sp³-hybridized carbons (Fsp3) is 0.273. The maximum atomic E-state index is 5.28. The molecule has 0 unspecified atom stereocenters. The molecule has 0 saturated carbocycles. The lowest BCUT2D eigenvalue weighted by atomic mass is 10.4. The van der Waals surface area contributed by atoms with Crippen LogP contribution in [0.2, 0.25) is 0 Å². The topological polar surface area (TPSA) is 81.8 Å². The molecule has 19 heavy (non-hydrogen) atoms. The van der Waals surface area contributed by atoms with E-state index in [0.717, 1.165) is 5.52 Å². The van der Waals surface area contributed by atoms with Crippen molar-refractivity contribution in [3.05, 3.63) is 28.6 Å². The van der Waals surface area contributed by atoms with E-state index in [0.29, 0.717) is 34.6 Å². The van der Waals surface area contributed by atoms with Gasteiger partial charge in [0.05, 0.1) is 12.6 Å². The molecular weight excluding hydrogens is 266 g/mol. The van der Waals surface area contributed by atoms with Crippen molar-refractivity contribution < 1.29 is 9.26 Å². The van der Waals surface area contributed by atoms with Gasteiger partial charge in [-0.1, -0.05) is 5.16 Å². The lowest BCUT2D eigenvalue weighted by molar-refractivity contribution is 0.367. The van der Waals surface area contributed by atoms with Crippen LogP contribution in [-0.2, 0) is 6.54 Å². The van der Waals surface area contributed by atoms with Gasteiger partial charge in [-0.25, -0.2) is 0 Å². The Hall–Kier alpha value is -2.22. The van der Waals surface area contributed by atoms with Gasteiger partial charge in [0, 0.05) is 6.07 Å². The van der Waals surface area contributed by atoms with E-state index in [9.17, 15) is 0 Å². The first-order chi connectivity index (χ1) is 9.17. The van der Waals surface area contributed by atoms with Crippen molar-refractivity contribution in [3.63, 3.8) is 0 Å². The van der Waals surface area contributed by atoms with Crippen molar-refractivity contribution in [3.8, 4) is 5.88 Å². The van der Waals surface area contributed by atoms with Crippen LogP contribution in [0.3, 0.4) is 0 Å². The number of aromatic amines is 1. The van der Waals surface area contributed by atoms with E-state index in [4.69, 9.17) is 21.5 Å². The molecule has 7 nitrogen and oxygen atoms in total. The van der Waals surface area contributed by atoms with Gasteiger partial charge in [0.15, 0.2) is 16.2 Å². The lowest BCUT2D eigenvalue weighted by Gasteiger charge is -2.01. The molecule has 3 rings (SSSR count). The number of H-pyrrole nitrogens is 1. The summed E-state index contributed by atoms with van der Waals surface area (Å²) in [6.07, 6.45) is 0. The Labute approximate surface area is 113 Å². The van der Waals surface area contributed by atoms with Crippen LogP contribution in [-0.4, -0.2) is 31.8 Å². The standard InChI is InChI=1S/C11H11N5O2S/c1-6-12-9(18-15-6)5-16-10-7(13-11(16)19)3-4-8(14-10)17-2/h3-4H,5H2,1-2H3,(H,13,19). The first-order valence-corrected chi connectivity index (χ1v) is 6.01. The van der Waals surface area contributed by atoms with Crippen LogP contribution in [0.25, 0.3) is 11.2 Å². The van der Waals surface area contributed by atoms with E-state index in [1.807, 2.05) is 6.07 Å². The third-order valence-corrected chi connectivity index (χ3v) is 2.99. The van der Waals surface area contributed by atoms with Gasteiger partial charge < -0.3 is 14.2 Å². The van der Waals surface area contributed by atoms with E-state index < -0.39 is 0 Å². The number of pyridine rings is 1. The summed E-state index contributed by atoms with van der Waals surface area (Å²) in [5.41, 5.74) is 1.53. The zero-order valence-corrected chi connectivity index (χ0v) is 11.2. The molecule has 98 valence electrons. The molecule has 0 aliphatic heterocycles. The fourth-order valence-corrected chi connectivity index (χ4v) is 2.07. The number of aromatic nitrogens is 5. The molecule has 0 aliphatic carbocycles. The molecule has 0 aromatic carbocycles. The summed E-state index contributed by atoms with van der Waals surface area (Å²) in [6, 6.07) is 3.64. The first kappa shape index (κ1) is 11.8. The quantitative estimate of drug-likeness (QED) is 0.736. The maximum Gasteiger partial charge on any atom is 0.246 e. The van der Waals surface area contributed by atoms with Crippen LogP contribution in [0, 0.1) is 11.7 Å². The highest BCUT2D eigenvalue weighted by Gasteiger charge is 2.11. The smallest absolute Gasteiger partial charge is 0.246 e. The largest absolute Gasteiger partial charge is 0.481 e. The Bertz CT molecular complexity index is 788. The van der Waals surface area contributed by atoms with Crippen LogP contribution in [0.5, 0.6) is 5.88 Å². The number of rotatable bonds is 3. The van der Waals surface area contributed by atoms with E-state index in [1.54, 1.807) is 24.7 Å². The van der Waals surface area contributed by atoms with Gasteiger partial charge in [0.1, 0.15) is 6.54 Å². The second-order valence-electron chi connectivity index (χ2n) is 3.98. The van der Waals surface area contributed by atoms with Crippen LogP contribution in [0.15, 0.2) is 16.7 Å². The highest BCUT2D eigenvalue weighted by atomic mass is 32.1. The minimum absolute atomic E-state index is 0.375. The average Bonchev–Trinajstić information content (AvgIpc) is 2.94. The van der Waals surface area contributed by atoms with Crippen LogP contribution in [0.1, 0.15) is 11.7 Å². The Morgan fingerprint density at radius 1 is 1.42 bits per heavy atom. The predicted octanol–water partition coefficient (Wildman–Crippen LogP) is 1.84. The van der Waals surface area contributed by atoms with E-state index in [2.05, 4.69) is 20.1 Å². The van der Waals surface area contributed by atoms with E-state index in [1.165, 1.54) is 0 Å². The SMILES string of the molecule is COc1ccc2[nH]c(=S)n(Cc3nc(C)no3)c2n1. The molecule has 0 aliphatic rings. The van der Waals surface area contributed by atoms with Gasteiger partial charge >= 0.3 is 0 Å². The Morgan fingerprint density at radius 3 is 2.95 bits per heavy atom. The maximum absolute atomic E-state index is 5.28. The first-order valence-electron chi connectivity index (χ1n) is 5.60.